The van der Waals surface area contributed by atoms with Gasteiger partial charge < -0.3 is 5.73 Å². The molecular formula is C14H18N2S2. The van der Waals surface area contributed by atoms with E-state index in [4.69, 9.17) is 5.73 Å². The van der Waals surface area contributed by atoms with Gasteiger partial charge in [0.2, 0.25) is 0 Å². The quantitative estimate of drug-likeness (QED) is 0.857. The summed E-state index contributed by atoms with van der Waals surface area (Å²) < 4.78 is 0. The molecule has 2 rings (SSSR count). The monoisotopic (exact) mass is 278 g/mol. The van der Waals surface area contributed by atoms with Gasteiger partial charge in [0.05, 0.1) is 11.4 Å². The normalized spacial score (nSPS) is 12.7. The molecule has 2 N–H and O–H groups in total. The molecule has 0 spiro atoms. The Hall–Kier alpha value is -0.840. The first-order valence-electron chi connectivity index (χ1n) is 5.97. The molecule has 0 bridgehead atoms. The van der Waals surface area contributed by atoms with Crippen LogP contribution in [0.5, 0.6) is 0 Å². The topological polar surface area (TPSA) is 38.9 Å². The van der Waals surface area contributed by atoms with Gasteiger partial charge in [-0.3, -0.25) is 0 Å². The lowest BCUT2D eigenvalue weighted by Gasteiger charge is -2.06. The molecule has 96 valence electrons. The second-order valence-corrected chi connectivity index (χ2v) is 6.73. The summed E-state index contributed by atoms with van der Waals surface area (Å²) in [5.74, 6) is 0.941. The fourth-order valence-electron chi connectivity index (χ4n) is 1.61. The van der Waals surface area contributed by atoms with E-state index >= 15 is 0 Å². The number of thioether (sulfide) groups is 1. The number of hydrogen-bond donors (Lipinski definition) is 1. The molecule has 0 radical (unpaired) electrons. The minimum atomic E-state index is 0.105. The Morgan fingerprint density at radius 3 is 2.44 bits per heavy atom. The number of benzene rings is 1. The predicted octanol–water partition coefficient (Wildman–Crippen LogP) is 4.07. The molecule has 1 atom stereocenters. The number of hydrogen-bond acceptors (Lipinski definition) is 4. The molecule has 0 aliphatic heterocycles. The van der Waals surface area contributed by atoms with Crippen molar-refractivity contribution in [1.82, 2.24) is 4.98 Å². The lowest BCUT2D eigenvalue weighted by atomic mass is 10.1. The van der Waals surface area contributed by atoms with E-state index in [1.54, 1.807) is 11.3 Å². The van der Waals surface area contributed by atoms with Gasteiger partial charge in [-0.15, -0.1) is 23.1 Å². The molecule has 0 aliphatic rings. The van der Waals surface area contributed by atoms with Gasteiger partial charge in [-0.05, 0) is 38.5 Å². The zero-order chi connectivity index (χ0) is 13.1. The third kappa shape index (κ3) is 3.34. The van der Waals surface area contributed by atoms with E-state index in [1.807, 2.05) is 18.7 Å². The highest BCUT2D eigenvalue weighted by atomic mass is 32.2. The van der Waals surface area contributed by atoms with E-state index in [1.165, 1.54) is 20.3 Å². The third-order valence-corrected chi connectivity index (χ3v) is 5.12. The molecule has 0 aliphatic carbocycles. The molecule has 0 amide bonds. The fraction of sp³-hybridized carbons (Fsp3) is 0.357. The summed E-state index contributed by atoms with van der Waals surface area (Å²) in [5, 5.41) is 1.20. The molecule has 2 nitrogen and oxygen atoms in total. The maximum atomic E-state index is 5.83. The van der Waals surface area contributed by atoms with Crippen molar-refractivity contribution in [3.63, 3.8) is 0 Å². The number of nitrogens with zero attached hydrogens (tertiary/aromatic N) is 1. The largest absolute Gasteiger partial charge is 0.324 e. The number of nitrogens with two attached hydrogens (primary N) is 1. The summed E-state index contributed by atoms with van der Waals surface area (Å²) in [6, 6.07) is 8.58. The average molecular weight is 278 g/mol. The molecule has 1 heterocycles. The van der Waals surface area contributed by atoms with Gasteiger partial charge in [0.25, 0.3) is 0 Å². The third-order valence-electron chi connectivity index (χ3n) is 2.84. The molecule has 4 heteroatoms. The smallest absolute Gasteiger partial charge is 0.103 e. The van der Waals surface area contributed by atoms with Crippen LogP contribution in [0.4, 0.5) is 0 Å². The Morgan fingerprint density at radius 1 is 1.28 bits per heavy atom. The number of rotatable bonds is 4. The lowest BCUT2D eigenvalue weighted by molar-refractivity contribution is 0.817. The first kappa shape index (κ1) is 13.6. The van der Waals surface area contributed by atoms with Gasteiger partial charge in [-0.1, -0.05) is 12.1 Å². The minimum absolute atomic E-state index is 0.105. The van der Waals surface area contributed by atoms with E-state index in [-0.39, 0.29) is 6.04 Å². The van der Waals surface area contributed by atoms with Gasteiger partial charge >= 0.3 is 0 Å². The summed E-state index contributed by atoms with van der Waals surface area (Å²) in [4.78, 5) is 7.13. The Bertz CT molecular complexity index is 496. The average Bonchev–Trinajstić information content (AvgIpc) is 2.67. The van der Waals surface area contributed by atoms with Gasteiger partial charge in [0, 0.05) is 15.8 Å². The number of thiazole rings is 1. The summed E-state index contributed by atoms with van der Waals surface area (Å²) in [6.45, 7) is 6.19. The Kier molecular flexibility index (Phi) is 4.43. The van der Waals surface area contributed by atoms with Crippen molar-refractivity contribution in [3.8, 4) is 0 Å². The minimum Gasteiger partial charge on any atom is -0.324 e. The van der Waals surface area contributed by atoms with Crippen molar-refractivity contribution in [2.75, 3.05) is 0 Å². The molecule has 1 unspecified atom stereocenters. The maximum Gasteiger partial charge on any atom is 0.103 e. The lowest BCUT2D eigenvalue weighted by Crippen LogP contribution is -2.04. The van der Waals surface area contributed by atoms with Crippen molar-refractivity contribution in [3.05, 3.63) is 45.4 Å². The van der Waals surface area contributed by atoms with Gasteiger partial charge in [-0.2, -0.15) is 0 Å². The highest BCUT2D eigenvalue weighted by molar-refractivity contribution is 7.98. The van der Waals surface area contributed by atoms with Crippen molar-refractivity contribution in [2.45, 2.75) is 37.5 Å². The molecule has 0 fully saturated rings. The first-order chi connectivity index (χ1) is 8.56. The Morgan fingerprint density at radius 2 is 1.94 bits per heavy atom. The van der Waals surface area contributed by atoms with Crippen LogP contribution in [-0.2, 0) is 5.75 Å². The van der Waals surface area contributed by atoms with Crippen molar-refractivity contribution in [2.24, 2.45) is 5.73 Å². The standard InChI is InChI=1S/C14H18N2S2/c1-9(15)12-4-6-13(7-5-12)17-8-14-16-10(2)11(3)18-14/h4-7,9H,8,15H2,1-3H3. The summed E-state index contributed by atoms with van der Waals surface area (Å²) in [7, 11) is 0. The zero-order valence-corrected chi connectivity index (χ0v) is 12.6. The summed E-state index contributed by atoms with van der Waals surface area (Å²) in [6.07, 6.45) is 0. The van der Waals surface area contributed by atoms with Crippen LogP contribution >= 0.6 is 23.1 Å². The Balaban J connectivity index is 1.97. The molecule has 0 saturated heterocycles. The molecule has 18 heavy (non-hydrogen) atoms. The van der Waals surface area contributed by atoms with Crippen LogP contribution in [0, 0.1) is 13.8 Å². The van der Waals surface area contributed by atoms with Gasteiger partial charge in [-0.25, -0.2) is 4.98 Å². The SMILES string of the molecule is Cc1nc(CSc2ccc(C(C)N)cc2)sc1C. The van der Waals surface area contributed by atoms with Crippen molar-refractivity contribution in [1.29, 1.82) is 0 Å². The fourth-order valence-corrected chi connectivity index (χ4v) is 3.44. The molecule has 1 aromatic carbocycles. The van der Waals surface area contributed by atoms with Crippen LogP contribution in [0.15, 0.2) is 29.2 Å². The molecule has 1 aromatic heterocycles. The summed E-state index contributed by atoms with van der Waals surface area (Å²) in [5.41, 5.74) is 8.17. The highest BCUT2D eigenvalue weighted by Gasteiger charge is 2.05. The van der Waals surface area contributed by atoms with E-state index in [2.05, 4.69) is 43.1 Å². The zero-order valence-electron chi connectivity index (χ0n) is 10.9. The number of aryl methyl sites for hydroxylation is 2. The van der Waals surface area contributed by atoms with Crippen LogP contribution in [0.2, 0.25) is 0 Å². The van der Waals surface area contributed by atoms with Crippen molar-refractivity contribution < 1.29 is 0 Å². The second-order valence-electron chi connectivity index (χ2n) is 4.40. The van der Waals surface area contributed by atoms with E-state index in [9.17, 15) is 0 Å². The molecule has 2 aromatic rings. The summed E-state index contributed by atoms with van der Waals surface area (Å²) >= 11 is 3.61. The van der Waals surface area contributed by atoms with Crippen LogP contribution in [0.1, 0.15) is 34.1 Å². The van der Waals surface area contributed by atoms with E-state index < -0.39 is 0 Å². The maximum absolute atomic E-state index is 5.83. The molecule has 0 saturated carbocycles. The van der Waals surface area contributed by atoms with Gasteiger partial charge in [0.1, 0.15) is 5.01 Å². The van der Waals surface area contributed by atoms with Gasteiger partial charge in [0.15, 0.2) is 0 Å². The Labute approximate surface area is 117 Å². The van der Waals surface area contributed by atoms with Crippen LogP contribution in [0.3, 0.4) is 0 Å². The number of aromatic nitrogens is 1. The highest BCUT2D eigenvalue weighted by Crippen LogP contribution is 2.27. The molecular weight excluding hydrogens is 260 g/mol. The second kappa shape index (κ2) is 5.87. The van der Waals surface area contributed by atoms with E-state index in [0.717, 1.165) is 11.4 Å². The van der Waals surface area contributed by atoms with Crippen molar-refractivity contribution >= 4 is 23.1 Å². The predicted molar refractivity (Wildman–Crippen MR) is 80.2 cm³/mol. The van der Waals surface area contributed by atoms with Crippen LogP contribution in [-0.4, -0.2) is 4.98 Å². The van der Waals surface area contributed by atoms with E-state index in [0.29, 0.717) is 0 Å². The first-order valence-corrected chi connectivity index (χ1v) is 7.77. The van der Waals surface area contributed by atoms with Crippen LogP contribution < -0.4 is 5.73 Å². The van der Waals surface area contributed by atoms with Crippen LogP contribution in [0.25, 0.3) is 0 Å².